The van der Waals surface area contributed by atoms with Crippen LogP contribution in [0.15, 0.2) is 35.4 Å². The third kappa shape index (κ3) is 4.05. The Balaban J connectivity index is 2.31. The summed E-state index contributed by atoms with van der Waals surface area (Å²) in [6, 6.07) is 6.33. The number of aromatic nitrogens is 2. The smallest absolute Gasteiger partial charge is 0.318 e. The zero-order valence-electron chi connectivity index (χ0n) is 14.0. The summed E-state index contributed by atoms with van der Waals surface area (Å²) in [7, 11) is 1.16. The number of nitrogens with one attached hydrogen (secondary N) is 1. The SMILES string of the molecule is CCOc1ccc(S(=O)(=O)Nc2cnc(OC)nc2N(C)C)cc1. The Hall–Kier alpha value is -2.55. The van der Waals surface area contributed by atoms with Gasteiger partial charge in [-0.05, 0) is 31.2 Å². The first-order chi connectivity index (χ1) is 11.4. The third-order valence-electron chi connectivity index (χ3n) is 3.04. The van der Waals surface area contributed by atoms with E-state index < -0.39 is 10.0 Å². The van der Waals surface area contributed by atoms with Crippen LogP contribution in [0.1, 0.15) is 6.92 Å². The van der Waals surface area contributed by atoms with Crippen LogP contribution in [0.25, 0.3) is 0 Å². The van der Waals surface area contributed by atoms with Crippen LogP contribution in [0.2, 0.25) is 0 Å². The second kappa shape index (κ2) is 7.35. The molecule has 0 bridgehead atoms. The molecule has 1 N–H and O–H groups in total. The van der Waals surface area contributed by atoms with Gasteiger partial charge in [0.2, 0.25) is 0 Å². The average Bonchev–Trinajstić information content (AvgIpc) is 2.55. The molecule has 8 nitrogen and oxygen atoms in total. The number of benzene rings is 1. The van der Waals surface area contributed by atoms with Gasteiger partial charge in [-0.1, -0.05) is 0 Å². The van der Waals surface area contributed by atoms with E-state index >= 15 is 0 Å². The number of hydrogen-bond donors (Lipinski definition) is 1. The first kappa shape index (κ1) is 17.8. The van der Waals surface area contributed by atoms with Crippen molar-refractivity contribution in [2.24, 2.45) is 0 Å². The molecule has 0 aliphatic carbocycles. The highest BCUT2D eigenvalue weighted by atomic mass is 32.2. The summed E-state index contributed by atoms with van der Waals surface area (Å²) < 4.78 is 37.9. The van der Waals surface area contributed by atoms with Gasteiger partial charge in [-0.3, -0.25) is 4.72 Å². The van der Waals surface area contributed by atoms with Crippen LogP contribution in [0.3, 0.4) is 0 Å². The van der Waals surface area contributed by atoms with Gasteiger partial charge in [-0.25, -0.2) is 13.4 Å². The van der Waals surface area contributed by atoms with Gasteiger partial charge in [0.15, 0.2) is 5.82 Å². The maximum absolute atomic E-state index is 12.5. The van der Waals surface area contributed by atoms with Crippen LogP contribution < -0.4 is 19.1 Å². The second-order valence-corrected chi connectivity index (χ2v) is 6.68. The molecule has 1 aromatic carbocycles. The molecule has 1 heterocycles. The molecular formula is C15H20N4O4S. The standard InChI is InChI=1S/C15H20N4O4S/c1-5-23-11-6-8-12(9-7-11)24(20,21)18-13-10-16-15(22-4)17-14(13)19(2)3/h6-10,18H,5H2,1-4H3. The van der Waals surface area contributed by atoms with Crippen LogP contribution in [0, 0.1) is 0 Å². The van der Waals surface area contributed by atoms with E-state index in [1.807, 2.05) is 6.92 Å². The highest BCUT2D eigenvalue weighted by Crippen LogP contribution is 2.26. The lowest BCUT2D eigenvalue weighted by Gasteiger charge is -2.17. The van der Waals surface area contributed by atoms with Crippen molar-refractivity contribution in [2.75, 3.05) is 37.4 Å². The van der Waals surface area contributed by atoms with Gasteiger partial charge in [-0.15, -0.1) is 0 Å². The first-order valence-corrected chi connectivity index (χ1v) is 8.69. The lowest BCUT2D eigenvalue weighted by molar-refractivity contribution is 0.340. The normalized spacial score (nSPS) is 11.0. The van der Waals surface area contributed by atoms with Crippen molar-refractivity contribution in [3.8, 4) is 11.8 Å². The molecule has 0 atom stereocenters. The molecule has 0 saturated heterocycles. The molecule has 1 aromatic heterocycles. The number of ether oxygens (including phenoxy) is 2. The molecule has 0 unspecified atom stereocenters. The van der Waals surface area contributed by atoms with Gasteiger partial charge in [0.1, 0.15) is 11.4 Å². The fraction of sp³-hybridized carbons (Fsp3) is 0.333. The maximum Gasteiger partial charge on any atom is 0.318 e. The molecule has 9 heteroatoms. The summed E-state index contributed by atoms with van der Waals surface area (Å²) in [5.74, 6) is 1.01. The van der Waals surface area contributed by atoms with Crippen LogP contribution in [0.5, 0.6) is 11.8 Å². The fourth-order valence-electron chi connectivity index (χ4n) is 1.95. The van der Waals surface area contributed by atoms with Gasteiger partial charge in [0.25, 0.3) is 10.0 Å². The predicted molar refractivity (Wildman–Crippen MR) is 91.3 cm³/mol. The molecule has 0 fully saturated rings. The molecule has 2 aromatic rings. The van der Waals surface area contributed by atoms with E-state index in [4.69, 9.17) is 9.47 Å². The van der Waals surface area contributed by atoms with Crippen molar-refractivity contribution in [3.63, 3.8) is 0 Å². The summed E-state index contributed by atoms with van der Waals surface area (Å²) in [5.41, 5.74) is 0.259. The molecule has 0 aliphatic heterocycles. The summed E-state index contributed by atoms with van der Waals surface area (Å²) in [5, 5.41) is 0. The minimum atomic E-state index is -3.77. The molecule has 0 spiro atoms. The number of hydrogen-bond acceptors (Lipinski definition) is 7. The Labute approximate surface area is 141 Å². The molecule has 2 rings (SSSR count). The van der Waals surface area contributed by atoms with E-state index in [0.717, 1.165) is 0 Å². The van der Waals surface area contributed by atoms with Crippen molar-refractivity contribution in [1.29, 1.82) is 0 Å². The van der Waals surface area contributed by atoms with Crippen molar-refractivity contribution in [1.82, 2.24) is 9.97 Å². The van der Waals surface area contributed by atoms with Crippen LogP contribution in [0.4, 0.5) is 11.5 Å². The molecule has 0 radical (unpaired) electrons. The van der Waals surface area contributed by atoms with E-state index in [2.05, 4.69) is 14.7 Å². The Morgan fingerprint density at radius 1 is 1.21 bits per heavy atom. The van der Waals surface area contributed by atoms with Crippen LogP contribution in [-0.4, -0.2) is 46.2 Å². The largest absolute Gasteiger partial charge is 0.494 e. The van der Waals surface area contributed by atoms with Crippen molar-refractivity contribution < 1.29 is 17.9 Å². The number of nitrogens with zero attached hydrogens (tertiary/aromatic N) is 3. The predicted octanol–water partition coefficient (Wildman–Crippen LogP) is 1.75. The van der Waals surface area contributed by atoms with E-state index in [9.17, 15) is 8.42 Å². The second-order valence-electron chi connectivity index (χ2n) is 5.00. The monoisotopic (exact) mass is 352 g/mol. The van der Waals surface area contributed by atoms with E-state index in [0.29, 0.717) is 18.2 Å². The maximum atomic E-state index is 12.5. The Morgan fingerprint density at radius 2 is 1.88 bits per heavy atom. The van der Waals surface area contributed by atoms with Gasteiger partial charge in [-0.2, -0.15) is 4.98 Å². The van der Waals surface area contributed by atoms with E-state index in [1.165, 1.54) is 25.4 Å². The molecule has 0 amide bonds. The van der Waals surface area contributed by atoms with Crippen molar-refractivity contribution in [2.45, 2.75) is 11.8 Å². The average molecular weight is 352 g/mol. The Kier molecular flexibility index (Phi) is 5.45. The van der Waals surface area contributed by atoms with Crippen molar-refractivity contribution >= 4 is 21.5 Å². The minimum absolute atomic E-state index is 0.117. The number of sulfonamides is 1. The Morgan fingerprint density at radius 3 is 2.42 bits per heavy atom. The van der Waals surface area contributed by atoms with Gasteiger partial charge in [0.05, 0.1) is 24.8 Å². The fourth-order valence-corrected chi connectivity index (χ4v) is 3.00. The summed E-state index contributed by atoms with van der Waals surface area (Å²) in [4.78, 5) is 9.89. The molecule has 0 aliphatic rings. The van der Waals surface area contributed by atoms with Gasteiger partial charge >= 0.3 is 6.01 Å². The van der Waals surface area contributed by atoms with E-state index in [1.54, 1.807) is 31.1 Å². The topological polar surface area (TPSA) is 93.7 Å². The van der Waals surface area contributed by atoms with Gasteiger partial charge in [0, 0.05) is 14.1 Å². The molecule has 130 valence electrons. The summed E-state index contributed by atoms with van der Waals surface area (Å²) in [6.45, 7) is 2.37. The number of rotatable bonds is 7. The van der Waals surface area contributed by atoms with E-state index in [-0.39, 0.29) is 16.6 Å². The van der Waals surface area contributed by atoms with Crippen LogP contribution in [-0.2, 0) is 10.0 Å². The summed E-state index contributed by atoms with van der Waals surface area (Å²) >= 11 is 0. The highest BCUT2D eigenvalue weighted by molar-refractivity contribution is 7.92. The molecular weight excluding hydrogens is 332 g/mol. The van der Waals surface area contributed by atoms with Crippen LogP contribution >= 0.6 is 0 Å². The number of methoxy groups -OCH3 is 1. The summed E-state index contributed by atoms with van der Waals surface area (Å²) in [6.07, 6.45) is 1.37. The highest BCUT2D eigenvalue weighted by Gasteiger charge is 2.19. The van der Waals surface area contributed by atoms with Crippen molar-refractivity contribution in [3.05, 3.63) is 30.5 Å². The zero-order valence-corrected chi connectivity index (χ0v) is 14.8. The molecule has 0 saturated carbocycles. The Bertz CT molecular complexity index is 792. The lowest BCUT2D eigenvalue weighted by atomic mass is 10.3. The quantitative estimate of drug-likeness (QED) is 0.811. The zero-order chi connectivity index (χ0) is 17.7. The third-order valence-corrected chi connectivity index (χ3v) is 4.42. The molecule has 24 heavy (non-hydrogen) atoms. The lowest BCUT2D eigenvalue weighted by Crippen LogP contribution is -2.19. The van der Waals surface area contributed by atoms with Gasteiger partial charge < -0.3 is 14.4 Å². The number of anilines is 2. The minimum Gasteiger partial charge on any atom is -0.494 e. The first-order valence-electron chi connectivity index (χ1n) is 7.21.